The van der Waals surface area contributed by atoms with Crippen LogP contribution >= 0.6 is 0 Å². The van der Waals surface area contributed by atoms with Crippen LogP contribution in [0, 0.1) is 17.8 Å². The van der Waals surface area contributed by atoms with Gasteiger partial charge in [-0.15, -0.1) is 0 Å². The van der Waals surface area contributed by atoms with E-state index in [2.05, 4.69) is 44.9 Å². The number of hydrogen-bond acceptors (Lipinski definition) is 2. The number of hydrogen-bond donors (Lipinski definition) is 1. The van der Waals surface area contributed by atoms with Crippen molar-refractivity contribution in [1.82, 2.24) is 9.88 Å². The third kappa shape index (κ3) is 2.92. The summed E-state index contributed by atoms with van der Waals surface area (Å²) < 4.78 is 13.3. The lowest BCUT2D eigenvalue weighted by atomic mass is 9.96. The molecule has 21 heavy (non-hydrogen) atoms. The summed E-state index contributed by atoms with van der Waals surface area (Å²) >= 11 is 0. The maximum atomic E-state index is 13.3. The number of aromatic nitrogens is 1. The van der Waals surface area contributed by atoms with Gasteiger partial charge in [0.2, 0.25) is 0 Å². The van der Waals surface area contributed by atoms with Gasteiger partial charge in [-0.1, -0.05) is 18.1 Å². The zero-order valence-electron chi connectivity index (χ0n) is 12.2. The predicted molar refractivity (Wildman–Crippen MR) is 81.7 cm³/mol. The Morgan fingerprint density at radius 3 is 3.10 bits per heavy atom. The van der Waals surface area contributed by atoms with Crippen LogP contribution in [0.4, 0.5) is 4.39 Å². The van der Waals surface area contributed by atoms with E-state index < -0.39 is 6.17 Å². The molecule has 0 bridgehead atoms. The Bertz CT molecular complexity index is 771. The molecule has 2 heterocycles. The van der Waals surface area contributed by atoms with Crippen LogP contribution in [-0.4, -0.2) is 36.7 Å². The van der Waals surface area contributed by atoms with E-state index in [4.69, 9.17) is 0 Å². The fraction of sp³-hybridized carbons (Fsp3) is 0.353. The Morgan fingerprint density at radius 1 is 1.43 bits per heavy atom. The van der Waals surface area contributed by atoms with Crippen LogP contribution in [0.1, 0.15) is 12.1 Å². The van der Waals surface area contributed by atoms with Crippen molar-refractivity contribution >= 4 is 6.08 Å². The van der Waals surface area contributed by atoms with Crippen LogP contribution in [0.3, 0.4) is 0 Å². The maximum Gasteiger partial charge on any atom is 0.139 e. The summed E-state index contributed by atoms with van der Waals surface area (Å²) in [7, 11) is 4.06. The summed E-state index contributed by atoms with van der Waals surface area (Å²) in [5.41, 5.74) is 2.74. The van der Waals surface area contributed by atoms with Crippen molar-refractivity contribution in [3.63, 3.8) is 0 Å². The molecule has 2 atom stereocenters. The monoisotopic (exact) mass is 283 g/mol. The quantitative estimate of drug-likeness (QED) is 0.770. The first-order chi connectivity index (χ1) is 10.1. The van der Waals surface area contributed by atoms with Gasteiger partial charge in [-0.2, -0.15) is 0 Å². The second kappa shape index (κ2) is 5.61. The highest BCUT2D eigenvalue weighted by atomic mass is 19.1. The van der Waals surface area contributed by atoms with Gasteiger partial charge in [0.1, 0.15) is 11.7 Å². The zero-order valence-corrected chi connectivity index (χ0v) is 12.2. The fourth-order valence-corrected chi connectivity index (χ4v) is 2.59. The van der Waals surface area contributed by atoms with Gasteiger partial charge in [0.25, 0.3) is 0 Å². The van der Waals surface area contributed by atoms with Crippen molar-refractivity contribution in [2.24, 2.45) is 10.9 Å². The number of nitrogens with zero attached hydrogens (tertiary/aromatic N) is 2. The first kappa shape index (κ1) is 13.7. The second-order valence-electron chi connectivity index (χ2n) is 5.48. The Kier molecular flexibility index (Phi) is 3.66. The maximum absolute atomic E-state index is 13.3. The number of fused-ring (bicyclic) bond motifs is 1. The van der Waals surface area contributed by atoms with Gasteiger partial charge in [0, 0.05) is 25.0 Å². The van der Waals surface area contributed by atoms with Crippen LogP contribution in [0.2, 0.25) is 0 Å². The number of rotatable bonds is 1. The molecule has 0 amide bonds. The molecule has 1 aliphatic carbocycles. The molecule has 108 valence electrons. The first-order valence-electron chi connectivity index (χ1n) is 7.08. The molecule has 0 fully saturated rings. The number of halogens is 1. The minimum absolute atomic E-state index is 0.195. The molecule has 3 rings (SSSR count). The van der Waals surface area contributed by atoms with Crippen LogP contribution in [0.25, 0.3) is 6.08 Å². The summed E-state index contributed by atoms with van der Waals surface area (Å²) in [5, 5.41) is 0.810. The van der Waals surface area contributed by atoms with Gasteiger partial charge in [0.05, 0.1) is 18.2 Å². The average molecular weight is 283 g/mol. The van der Waals surface area contributed by atoms with Gasteiger partial charge < -0.3 is 9.88 Å². The topological polar surface area (TPSA) is 31.4 Å². The highest BCUT2D eigenvalue weighted by molar-refractivity contribution is 5.38. The van der Waals surface area contributed by atoms with Gasteiger partial charge in [-0.3, -0.25) is 4.99 Å². The zero-order chi connectivity index (χ0) is 14.8. The normalized spacial score (nSPS) is 23.1. The predicted octanol–water partition coefficient (Wildman–Crippen LogP) is 1.14. The summed E-state index contributed by atoms with van der Waals surface area (Å²) in [6.45, 7) is 0.196. The van der Waals surface area contributed by atoms with Crippen molar-refractivity contribution in [3.05, 3.63) is 46.4 Å². The minimum atomic E-state index is -0.985. The van der Waals surface area contributed by atoms with Gasteiger partial charge in [0.15, 0.2) is 0 Å². The lowest BCUT2D eigenvalue weighted by Crippen LogP contribution is -2.30. The summed E-state index contributed by atoms with van der Waals surface area (Å²) in [6, 6.07) is 1.87. The van der Waals surface area contributed by atoms with Gasteiger partial charge in [-0.25, -0.2) is 4.39 Å². The summed E-state index contributed by atoms with van der Waals surface area (Å²) in [6.07, 6.45) is 7.82. The Morgan fingerprint density at radius 2 is 2.29 bits per heavy atom. The highest BCUT2D eigenvalue weighted by Gasteiger charge is 2.14. The molecule has 0 spiro atoms. The molecule has 0 radical (unpaired) electrons. The Balaban J connectivity index is 1.88. The van der Waals surface area contributed by atoms with Crippen molar-refractivity contribution in [2.45, 2.75) is 12.6 Å². The van der Waals surface area contributed by atoms with E-state index in [9.17, 15) is 4.39 Å². The smallest absolute Gasteiger partial charge is 0.139 e. The van der Waals surface area contributed by atoms with E-state index in [1.807, 2.05) is 20.2 Å². The molecule has 0 aromatic carbocycles. The van der Waals surface area contributed by atoms with Gasteiger partial charge >= 0.3 is 0 Å². The van der Waals surface area contributed by atoms with Crippen molar-refractivity contribution in [1.29, 1.82) is 0 Å². The summed E-state index contributed by atoms with van der Waals surface area (Å²) in [4.78, 5) is 9.42. The van der Waals surface area contributed by atoms with E-state index >= 15 is 0 Å². The molecule has 4 heteroatoms. The molecular weight excluding hydrogens is 265 g/mol. The fourth-order valence-electron chi connectivity index (χ4n) is 2.59. The number of H-pyrrole nitrogens is 1. The van der Waals surface area contributed by atoms with E-state index in [0.29, 0.717) is 0 Å². The second-order valence-corrected chi connectivity index (χ2v) is 5.48. The molecule has 1 N–H and O–H groups in total. The molecule has 1 aliphatic heterocycles. The number of allylic oxidation sites excluding steroid dienone is 4. The van der Waals surface area contributed by atoms with E-state index in [-0.39, 0.29) is 12.5 Å². The van der Waals surface area contributed by atoms with Crippen molar-refractivity contribution in [3.8, 4) is 11.8 Å². The molecule has 1 aromatic rings. The largest absolute Gasteiger partial charge is 0.380 e. The third-order valence-electron chi connectivity index (χ3n) is 3.64. The Hall–Kier alpha value is -2.28. The van der Waals surface area contributed by atoms with Crippen LogP contribution in [0.15, 0.2) is 35.0 Å². The van der Waals surface area contributed by atoms with Gasteiger partial charge in [-0.05, 0) is 30.6 Å². The molecule has 1 aromatic heterocycles. The van der Waals surface area contributed by atoms with Crippen molar-refractivity contribution < 1.29 is 4.39 Å². The first-order valence-corrected chi connectivity index (χ1v) is 7.08. The lowest BCUT2D eigenvalue weighted by Gasteiger charge is -2.23. The standard InChI is InChI=1S/C17H18FN3/c1-21(2)16-6-4-3-5-12(16)7-8-15-10-13-9-14(18)11-19-17(13)20-15/h3-4,6,9-10,12,14H,5,11H2,1-2H3,(H,19,20). The van der Waals surface area contributed by atoms with Crippen LogP contribution in [-0.2, 0) is 0 Å². The molecule has 0 saturated heterocycles. The highest BCUT2D eigenvalue weighted by Crippen LogP contribution is 2.21. The molecule has 2 aliphatic rings. The third-order valence-corrected chi connectivity index (χ3v) is 3.64. The van der Waals surface area contributed by atoms with Crippen molar-refractivity contribution in [2.75, 3.05) is 20.6 Å². The number of aromatic amines is 1. The summed E-state index contributed by atoms with van der Waals surface area (Å²) in [5.74, 6) is 6.65. The minimum Gasteiger partial charge on any atom is -0.380 e. The lowest BCUT2D eigenvalue weighted by molar-refractivity contribution is 0.422. The molecule has 2 unspecified atom stereocenters. The SMILES string of the molecule is CN(C)C1=CC=CCC1C#Cc1cc2c([nH]1)=NCC(F)C=2. The number of nitrogens with one attached hydrogen (secondary N) is 1. The van der Waals surface area contributed by atoms with E-state index in [0.717, 1.165) is 22.8 Å². The van der Waals surface area contributed by atoms with E-state index in [1.165, 1.54) is 5.70 Å². The van der Waals surface area contributed by atoms with Crippen LogP contribution < -0.4 is 10.7 Å². The molecular formula is C17H18FN3. The molecule has 3 nitrogen and oxygen atoms in total. The molecule has 0 saturated carbocycles. The van der Waals surface area contributed by atoms with Crippen LogP contribution in [0.5, 0.6) is 0 Å². The average Bonchev–Trinajstić information content (AvgIpc) is 2.87. The Labute approximate surface area is 123 Å². The number of alkyl halides is 1. The van der Waals surface area contributed by atoms with E-state index in [1.54, 1.807) is 6.08 Å².